The van der Waals surface area contributed by atoms with Crippen LogP contribution in [0.3, 0.4) is 0 Å². The maximum Gasteiger partial charge on any atom is 0.304 e. The van der Waals surface area contributed by atoms with Crippen molar-refractivity contribution in [2.45, 2.75) is 63.6 Å². The van der Waals surface area contributed by atoms with Crippen LogP contribution >= 0.6 is 0 Å². The molecule has 0 aromatic rings. The molecule has 1 aliphatic heterocycles. The fraction of sp³-hybridized carbons (Fsp3) is 0.929. The molecule has 4 heteroatoms. The minimum atomic E-state index is -0.670. The molecule has 2 aliphatic rings. The first-order valence-electron chi connectivity index (χ1n) is 7.09. The maximum atomic E-state index is 11.1. The molecule has 1 unspecified atom stereocenters. The van der Waals surface area contributed by atoms with Crippen LogP contribution in [0.25, 0.3) is 0 Å². The van der Waals surface area contributed by atoms with Gasteiger partial charge >= 0.3 is 5.97 Å². The van der Waals surface area contributed by atoms with E-state index in [1.54, 1.807) is 0 Å². The smallest absolute Gasteiger partial charge is 0.304 e. The van der Waals surface area contributed by atoms with E-state index in [1.807, 2.05) is 0 Å². The van der Waals surface area contributed by atoms with Crippen LogP contribution in [0.2, 0.25) is 0 Å². The van der Waals surface area contributed by atoms with Gasteiger partial charge in [0.25, 0.3) is 0 Å². The standard InChI is InChI=1S/C14H26N2O2/c1-14(2)10-16(11-6-4-5-7-11)12(8-13(17)18)9-15(14)3/h11-12H,4-10H2,1-3H3,(H,17,18). The van der Waals surface area contributed by atoms with Crippen molar-refractivity contribution in [1.82, 2.24) is 9.80 Å². The van der Waals surface area contributed by atoms with Gasteiger partial charge in [-0.05, 0) is 33.7 Å². The third kappa shape index (κ3) is 2.86. The van der Waals surface area contributed by atoms with Crippen molar-refractivity contribution < 1.29 is 9.90 Å². The first-order valence-corrected chi connectivity index (χ1v) is 7.09. The second kappa shape index (κ2) is 5.17. The van der Waals surface area contributed by atoms with E-state index in [9.17, 15) is 4.79 Å². The lowest BCUT2D eigenvalue weighted by Crippen LogP contribution is -2.64. The van der Waals surface area contributed by atoms with Gasteiger partial charge in [-0.15, -0.1) is 0 Å². The number of nitrogens with zero attached hydrogens (tertiary/aromatic N) is 2. The van der Waals surface area contributed by atoms with Gasteiger partial charge in [-0.2, -0.15) is 0 Å². The Bertz CT molecular complexity index is 311. The van der Waals surface area contributed by atoms with E-state index in [2.05, 4.69) is 30.7 Å². The number of rotatable bonds is 3. The van der Waals surface area contributed by atoms with Crippen molar-refractivity contribution in [2.75, 3.05) is 20.1 Å². The lowest BCUT2D eigenvalue weighted by atomic mass is 9.93. The molecule has 1 heterocycles. The second-order valence-electron chi connectivity index (χ2n) is 6.56. The van der Waals surface area contributed by atoms with Crippen molar-refractivity contribution >= 4 is 5.97 Å². The zero-order valence-electron chi connectivity index (χ0n) is 11.9. The molecule has 0 aromatic carbocycles. The van der Waals surface area contributed by atoms with E-state index >= 15 is 0 Å². The van der Waals surface area contributed by atoms with Crippen molar-refractivity contribution in [1.29, 1.82) is 0 Å². The third-order valence-corrected chi connectivity index (χ3v) is 4.76. The van der Waals surface area contributed by atoms with Gasteiger partial charge in [0.1, 0.15) is 0 Å². The van der Waals surface area contributed by atoms with Gasteiger partial charge in [0.05, 0.1) is 6.42 Å². The zero-order valence-corrected chi connectivity index (χ0v) is 11.9. The Morgan fingerprint density at radius 3 is 2.50 bits per heavy atom. The number of hydrogen-bond acceptors (Lipinski definition) is 3. The molecule has 0 aromatic heterocycles. The summed E-state index contributed by atoms with van der Waals surface area (Å²) in [5, 5.41) is 9.10. The van der Waals surface area contributed by atoms with Crippen LogP contribution in [-0.2, 0) is 4.79 Å². The summed E-state index contributed by atoms with van der Waals surface area (Å²) in [5.41, 5.74) is 0.150. The van der Waals surface area contributed by atoms with Crippen LogP contribution in [0.4, 0.5) is 0 Å². The van der Waals surface area contributed by atoms with Crippen molar-refractivity contribution in [3.05, 3.63) is 0 Å². The van der Waals surface area contributed by atoms with E-state index in [4.69, 9.17) is 5.11 Å². The Balaban J connectivity index is 2.11. The lowest BCUT2D eigenvalue weighted by molar-refractivity contribution is -0.140. The summed E-state index contributed by atoms with van der Waals surface area (Å²) in [4.78, 5) is 15.8. The van der Waals surface area contributed by atoms with E-state index < -0.39 is 5.97 Å². The Morgan fingerprint density at radius 1 is 1.33 bits per heavy atom. The SMILES string of the molecule is CN1CC(CC(=O)O)N(C2CCCC2)CC1(C)C. The Labute approximate surface area is 110 Å². The minimum Gasteiger partial charge on any atom is -0.481 e. The maximum absolute atomic E-state index is 11.1. The van der Waals surface area contributed by atoms with Gasteiger partial charge in [0.15, 0.2) is 0 Å². The van der Waals surface area contributed by atoms with Gasteiger partial charge in [-0.3, -0.25) is 14.6 Å². The molecule has 0 radical (unpaired) electrons. The predicted molar refractivity (Wildman–Crippen MR) is 71.7 cm³/mol. The molecule has 2 fully saturated rings. The monoisotopic (exact) mass is 254 g/mol. The fourth-order valence-corrected chi connectivity index (χ4v) is 3.41. The van der Waals surface area contributed by atoms with E-state index in [1.165, 1.54) is 25.7 Å². The van der Waals surface area contributed by atoms with Crippen molar-refractivity contribution in [3.8, 4) is 0 Å². The van der Waals surface area contributed by atoms with Gasteiger partial charge < -0.3 is 5.11 Å². The van der Waals surface area contributed by atoms with Crippen LogP contribution in [0.5, 0.6) is 0 Å². The van der Waals surface area contributed by atoms with Crippen LogP contribution in [-0.4, -0.2) is 58.6 Å². The number of carboxylic acids is 1. The summed E-state index contributed by atoms with van der Waals surface area (Å²) < 4.78 is 0. The average molecular weight is 254 g/mol. The summed E-state index contributed by atoms with van der Waals surface area (Å²) >= 11 is 0. The molecule has 1 N–H and O–H groups in total. The topological polar surface area (TPSA) is 43.8 Å². The van der Waals surface area contributed by atoms with E-state index in [0.29, 0.717) is 6.04 Å². The normalized spacial score (nSPS) is 30.7. The highest BCUT2D eigenvalue weighted by atomic mass is 16.4. The molecule has 2 rings (SSSR count). The number of hydrogen-bond donors (Lipinski definition) is 1. The molecule has 1 saturated carbocycles. The quantitative estimate of drug-likeness (QED) is 0.834. The number of piperazine rings is 1. The molecular formula is C14H26N2O2. The van der Waals surface area contributed by atoms with Gasteiger partial charge in [0.2, 0.25) is 0 Å². The number of carboxylic acid groups (broad SMARTS) is 1. The first kappa shape index (κ1) is 13.8. The first-order chi connectivity index (χ1) is 8.40. The highest BCUT2D eigenvalue weighted by Crippen LogP contribution is 2.32. The second-order valence-corrected chi connectivity index (χ2v) is 6.56. The summed E-state index contributed by atoms with van der Waals surface area (Å²) in [6.45, 7) is 6.37. The Kier molecular flexibility index (Phi) is 3.97. The summed E-state index contributed by atoms with van der Waals surface area (Å²) in [6.07, 6.45) is 5.37. The highest BCUT2D eigenvalue weighted by molar-refractivity contribution is 5.67. The largest absolute Gasteiger partial charge is 0.481 e. The summed E-state index contributed by atoms with van der Waals surface area (Å²) in [5.74, 6) is -0.670. The Morgan fingerprint density at radius 2 is 1.94 bits per heavy atom. The van der Waals surface area contributed by atoms with Gasteiger partial charge in [-0.25, -0.2) is 0 Å². The highest BCUT2D eigenvalue weighted by Gasteiger charge is 2.41. The van der Waals surface area contributed by atoms with Crippen LogP contribution in [0.1, 0.15) is 46.0 Å². The predicted octanol–water partition coefficient (Wildman–Crippen LogP) is 1.80. The van der Waals surface area contributed by atoms with E-state index in [0.717, 1.165) is 13.1 Å². The zero-order chi connectivity index (χ0) is 13.3. The number of aliphatic carboxylic acids is 1. The molecular weight excluding hydrogens is 228 g/mol. The van der Waals surface area contributed by atoms with Crippen LogP contribution in [0.15, 0.2) is 0 Å². The molecule has 4 nitrogen and oxygen atoms in total. The van der Waals surface area contributed by atoms with Crippen LogP contribution in [0, 0.1) is 0 Å². The van der Waals surface area contributed by atoms with E-state index in [-0.39, 0.29) is 18.0 Å². The third-order valence-electron chi connectivity index (χ3n) is 4.76. The Hall–Kier alpha value is -0.610. The summed E-state index contributed by atoms with van der Waals surface area (Å²) in [7, 11) is 2.11. The molecule has 104 valence electrons. The van der Waals surface area contributed by atoms with Crippen molar-refractivity contribution in [2.24, 2.45) is 0 Å². The average Bonchev–Trinajstić information content (AvgIpc) is 2.75. The molecule has 18 heavy (non-hydrogen) atoms. The van der Waals surface area contributed by atoms with Gasteiger partial charge in [-0.1, -0.05) is 12.8 Å². The fourth-order valence-electron chi connectivity index (χ4n) is 3.41. The molecule has 1 aliphatic carbocycles. The van der Waals surface area contributed by atoms with Gasteiger partial charge in [0, 0.05) is 30.7 Å². The molecule has 0 spiro atoms. The molecule has 1 atom stereocenters. The summed E-state index contributed by atoms with van der Waals surface area (Å²) in [6, 6.07) is 0.797. The molecule has 0 bridgehead atoms. The molecule has 1 saturated heterocycles. The number of carbonyl (C=O) groups is 1. The number of likely N-dealkylation sites (N-methyl/N-ethyl adjacent to an activating group) is 1. The lowest BCUT2D eigenvalue weighted by Gasteiger charge is -2.51. The molecule has 0 amide bonds. The van der Waals surface area contributed by atoms with Crippen LogP contribution < -0.4 is 0 Å². The van der Waals surface area contributed by atoms with Crippen molar-refractivity contribution in [3.63, 3.8) is 0 Å². The minimum absolute atomic E-state index is 0.150.